The molecule has 2 N–H and O–H groups in total. The van der Waals surface area contributed by atoms with E-state index in [4.69, 9.17) is 58.0 Å². The minimum Gasteiger partial charge on any atom is -0.505 e. The van der Waals surface area contributed by atoms with Crippen molar-refractivity contribution in [3.05, 3.63) is 43.3 Å². The summed E-state index contributed by atoms with van der Waals surface area (Å²) >= 11 is 29.4. The molecule has 2 nitrogen and oxygen atoms in total. The van der Waals surface area contributed by atoms with Crippen molar-refractivity contribution in [1.29, 1.82) is 0 Å². The Morgan fingerprint density at radius 2 is 1.11 bits per heavy atom. The van der Waals surface area contributed by atoms with Crippen LogP contribution in [0.15, 0.2) is 18.2 Å². The van der Waals surface area contributed by atoms with Gasteiger partial charge in [-0.15, -0.1) is 0 Å². The molecule has 0 unspecified atom stereocenters. The quantitative estimate of drug-likeness (QED) is 0.611. The van der Waals surface area contributed by atoms with Gasteiger partial charge in [0, 0.05) is 5.56 Å². The second-order valence-corrected chi connectivity index (χ2v) is 5.65. The number of hydrogen-bond donors (Lipinski definition) is 2. The predicted octanol–water partition coefficient (Wildman–Crippen LogP) is 6.03. The van der Waals surface area contributed by atoms with E-state index in [9.17, 15) is 10.2 Å². The SMILES string of the molecule is Oc1c(Cl)cc(-c2cc(Cl)c(O)c(Cl)c2Cl)cc1Cl. The molecule has 0 atom stereocenters. The van der Waals surface area contributed by atoms with Crippen molar-refractivity contribution in [3.63, 3.8) is 0 Å². The molecule has 2 rings (SSSR count). The minimum absolute atomic E-state index is 0.0460. The summed E-state index contributed by atoms with van der Waals surface area (Å²) < 4.78 is 0. The van der Waals surface area contributed by atoms with E-state index in [-0.39, 0.29) is 36.6 Å². The fraction of sp³-hybridized carbons (Fsp3) is 0. The molecule has 0 saturated heterocycles. The summed E-state index contributed by atoms with van der Waals surface area (Å²) in [5.74, 6) is -0.521. The zero-order chi connectivity index (χ0) is 14.3. The second kappa shape index (κ2) is 5.47. The summed E-state index contributed by atoms with van der Waals surface area (Å²) in [6.45, 7) is 0. The van der Waals surface area contributed by atoms with Crippen molar-refractivity contribution in [2.75, 3.05) is 0 Å². The molecule has 0 spiro atoms. The largest absolute Gasteiger partial charge is 0.505 e. The molecule has 0 saturated carbocycles. The number of phenolic OH excluding ortho intramolecular Hbond substituents is 2. The van der Waals surface area contributed by atoms with Gasteiger partial charge in [-0.2, -0.15) is 0 Å². The maximum Gasteiger partial charge on any atom is 0.154 e. The number of rotatable bonds is 1. The highest BCUT2D eigenvalue weighted by Gasteiger charge is 2.17. The molecule has 0 amide bonds. The van der Waals surface area contributed by atoms with Gasteiger partial charge >= 0.3 is 0 Å². The van der Waals surface area contributed by atoms with Gasteiger partial charge in [0.05, 0.1) is 20.1 Å². The van der Waals surface area contributed by atoms with Crippen molar-refractivity contribution >= 4 is 58.0 Å². The average molecular weight is 358 g/mol. The van der Waals surface area contributed by atoms with Gasteiger partial charge < -0.3 is 10.2 Å². The normalized spacial score (nSPS) is 10.8. The van der Waals surface area contributed by atoms with E-state index in [0.717, 1.165) is 0 Å². The maximum atomic E-state index is 9.57. The van der Waals surface area contributed by atoms with E-state index >= 15 is 0 Å². The average Bonchev–Trinajstić information content (AvgIpc) is 2.37. The number of benzene rings is 2. The van der Waals surface area contributed by atoms with Crippen LogP contribution in [0.4, 0.5) is 0 Å². The first-order valence-electron chi connectivity index (χ1n) is 4.87. The number of halogens is 5. The second-order valence-electron chi connectivity index (χ2n) is 3.67. The van der Waals surface area contributed by atoms with Crippen LogP contribution in [0.2, 0.25) is 25.1 Å². The Bertz CT molecular complexity index is 647. The molecule has 19 heavy (non-hydrogen) atoms. The van der Waals surface area contributed by atoms with E-state index in [1.165, 1.54) is 18.2 Å². The van der Waals surface area contributed by atoms with Gasteiger partial charge in [0.2, 0.25) is 0 Å². The first-order chi connectivity index (χ1) is 8.82. The molecule has 0 aromatic heterocycles. The highest BCUT2D eigenvalue weighted by molar-refractivity contribution is 6.46. The molecular formula is C12H5Cl5O2. The van der Waals surface area contributed by atoms with Crippen LogP contribution in [-0.4, -0.2) is 10.2 Å². The van der Waals surface area contributed by atoms with Crippen LogP contribution < -0.4 is 0 Å². The lowest BCUT2D eigenvalue weighted by Crippen LogP contribution is -1.84. The highest BCUT2D eigenvalue weighted by Crippen LogP contribution is 2.45. The Balaban J connectivity index is 2.73. The summed E-state index contributed by atoms with van der Waals surface area (Å²) in [6.07, 6.45) is 0. The van der Waals surface area contributed by atoms with Crippen LogP contribution in [0, 0.1) is 0 Å². The van der Waals surface area contributed by atoms with E-state index in [1.54, 1.807) is 0 Å². The van der Waals surface area contributed by atoms with Gasteiger partial charge in [-0.25, -0.2) is 0 Å². The molecule has 0 radical (unpaired) electrons. The van der Waals surface area contributed by atoms with E-state index in [1.807, 2.05) is 0 Å². The van der Waals surface area contributed by atoms with Crippen molar-refractivity contribution in [1.82, 2.24) is 0 Å². The lowest BCUT2D eigenvalue weighted by atomic mass is 10.1. The summed E-state index contributed by atoms with van der Waals surface area (Å²) in [7, 11) is 0. The number of aromatic hydroxyl groups is 2. The lowest BCUT2D eigenvalue weighted by Gasteiger charge is -2.11. The third kappa shape index (κ3) is 2.69. The van der Waals surface area contributed by atoms with Gasteiger partial charge in [-0.1, -0.05) is 58.0 Å². The smallest absolute Gasteiger partial charge is 0.154 e. The van der Waals surface area contributed by atoms with Crippen molar-refractivity contribution in [3.8, 4) is 22.6 Å². The first kappa shape index (κ1) is 14.9. The topological polar surface area (TPSA) is 40.5 Å². The Morgan fingerprint density at radius 3 is 1.63 bits per heavy atom. The molecular weight excluding hydrogens is 353 g/mol. The molecule has 0 aliphatic rings. The molecule has 0 heterocycles. The summed E-state index contributed by atoms with van der Waals surface area (Å²) in [6, 6.07) is 4.37. The Hall–Kier alpha value is -0.510. The summed E-state index contributed by atoms with van der Waals surface area (Å²) in [5.41, 5.74) is 0.958. The molecule has 2 aromatic carbocycles. The maximum absolute atomic E-state index is 9.57. The Kier molecular flexibility index (Phi) is 4.29. The van der Waals surface area contributed by atoms with Crippen molar-refractivity contribution in [2.45, 2.75) is 0 Å². The highest BCUT2D eigenvalue weighted by atomic mass is 35.5. The van der Waals surface area contributed by atoms with E-state index < -0.39 is 0 Å². The van der Waals surface area contributed by atoms with Gasteiger partial charge in [0.15, 0.2) is 11.5 Å². The fourth-order valence-corrected chi connectivity index (χ4v) is 2.71. The van der Waals surface area contributed by atoms with Crippen LogP contribution in [0.1, 0.15) is 0 Å². The van der Waals surface area contributed by atoms with Crippen LogP contribution in [-0.2, 0) is 0 Å². The first-order valence-corrected chi connectivity index (χ1v) is 6.76. The van der Waals surface area contributed by atoms with Crippen LogP contribution in [0.5, 0.6) is 11.5 Å². The Labute approximate surface area is 134 Å². The third-order valence-corrected chi connectivity index (χ3v) is 4.18. The number of hydrogen-bond acceptors (Lipinski definition) is 2. The van der Waals surface area contributed by atoms with Gasteiger partial charge in [0.25, 0.3) is 0 Å². The zero-order valence-electron chi connectivity index (χ0n) is 9.02. The monoisotopic (exact) mass is 356 g/mol. The fourth-order valence-electron chi connectivity index (χ4n) is 1.52. The summed E-state index contributed by atoms with van der Waals surface area (Å²) in [5, 5.41) is 19.3. The number of phenols is 2. The van der Waals surface area contributed by atoms with Crippen molar-refractivity contribution < 1.29 is 10.2 Å². The molecule has 100 valence electrons. The van der Waals surface area contributed by atoms with E-state index in [2.05, 4.69) is 0 Å². The molecule has 0 aliphatic heterocycles. The standard InChI is InChI=1S/C12H5Cl5O2/c13-6-1-4(2-7(14)11(6)18)5-3-8(15)12(19)10(17)9(5)16/h1-3,18-19H. The molecule has 0 fully saturated rings. The van der Waals surface area contributed by atoms with Crippen molar-refractivity contribution in [2.24, 2.45) is 0 Å². The predicted molar refractivity (Wildman–Crippen MR) is 80.3 cm³/mol. The van der Waals surface area contributed by atoms with Crippen LogP contribution >= 0.6 is 58.0 Å². The zero-order valence-corrected chi connectivity index (χ0v) is 12.8. The Morgan fingerprint density at radius 1 is 0.632 bits per heavy atom. The third-order valence-electron chi connectivity index (χ3n) is 2.46. The lowest BCUT2D eigenvalue weighted by molar-refractivity contribution is 0.475. The summed E-state index contributed by atoms with van der Waals surface area (Å²) in [4.78, 5) is 0. The van der Waals surface area contributed by atoms with Gasteiger partial charge in [-0.3, -0.25) is 0 Å². The molecule has 0 aliphatic carbocycles. The van der Waals surface area contributed by atoms with E-state index in [0.29, 0.717) is 11.1 Å². The van der Waals surface area contributed by atoms with Gasteiger partial charge in [0.1, 0.15) is 5.02 Å². The van der Waals surface area contributed by atoms with Crippen LogP contribution in [0.25, 0.3) is 11.1 Å². The minimum atomic E-state index is -0.298. The molecule has 2 aromatic rings. The molecule has 0 bridgehead atoms. The van der Waals surface area contributed by atoms with Crippen LogP contribution in [0.3, 0.4) is 0 Å². The van der Waals surface area contributed by atoms with Gasteiger partial charge in [-0.05, 0) is 23.8 Å². The molecule has 7 heteroatoms.